The zero-order valence-corrected chi connectivity index (χ0v) is 10.4. The number of rotatable bonds is 5. The molecule has 1 aromatic carbocycles. The third-order valence-electron chi connectivity index (χ3n) is 2.21. The number of halogens is 3. The summed E-state index contributed by atoms with van der Waals surface area (Å²) in [4.78, 5) is 2.00. The molecule has 0 radical (unpaired) electrons. The Morgan fingerprint density at radius 3 is 2.28 bits per heavy atom. The van der Waals surface area contributed by atoms with Gasteiger partial charge in [0.05, 0.1) is 0 Å². The Kier molecular flexibility index (Phi) is 4.98. The number of hydrogen-bond acceptors (Lipinski definition) is 3. The third-order valence-corrected chi connectivity index (χ3v) is 2.21. The van der Waals surface area contributed by atoms with E-state index in [-0.39, 0.29) is 11.8 Å². The van der Waals surface area contributed by atoms with Crippen LogP contribution in [0.2, 0.25) is 0 Å². The second-order valence-electron chi connectivity index (χ2n) is 4.37. The summed E-state index contributed by atoms with van der Waals surface area (Å²) < 4.78 is 39.6. The van der Waals surface area contributed by atoms with E-state index in [4.69, 9.17) is 5.73 Å². The molecule has 2 N–H and O–H groups in total. The standard InChI is InChI=1S/C12H17F3N2O/c1-9(16)7-17(2)8-10-3-5-11(6-4-10)18-12(13,14)15/h3-6,9H,7-8,16H2,1-2H3. The maximum absolute atomic E-state index is 12.0. The highest BCUT2D eigenvalue weighted by Gasteiger charge is 2.30. The van der Waals surface area contributed by atoms with Crippen molar-refractivity contribution in [3.63, 3.8) is 0 Å². The van der Waals surface area contributed by atoms with Crippen LogP contribution in [-0.2, 0) is 6.54 Å². The van der Waals surface area contributed by atoms with E-state index in [0.29, 0.717) is 6.54 Å². The van der Waals surface area contributed by atoms with Gasteiger partial charge in [0.1, 0.15) is 5.75 Å². The van der Waals surface area contributed by atoms with Gasteiger partial charge in [-0.15, -0.1) is 13.2 Å². The van der Waals surface area contributed by atoms with Crippen LogP contribution in [0.4, 0.5) is 13.2 Å². The third kappa shape index (κ3) is 5.88. The van der Waals surface area contributed by atoms with E-state index in [2.05, 4.69) is 4.74 Å². The summed E-state index contributed by atoms with van der Waals surface area (Å²) in [5.41, 5.74) is 6.56. The van der Waals surface area contributed by atoms with Crippen molar-refractivity contribution < 1.29 is 17.9 Å². The van der Waals surface area contributed by atoms with E-state index >= 15 is 0 Å². The van der Waals surface area contributed by atoms with Crippen molar-refractivity contribution in [1.82, 2.24) is 4.90 Å². The van der Waals surface area contributed by atoms with Crippen LogP contribution in [0.15, 0.2) is 24.3 Å². The van der Waals surface area contributed by atoms with E-state index in [1.807, 2.05) is 18.9 Å². The van der Waals surface area contributed by atoms with Gasteiger partial charge in [-0.05, 0) is 31.7 Å². The van der Waals surface area contributed by atoms with Crippen molar-refractivity contribution in [1.29, 1.82) is 0 Å². The van der Waals surface area contributed by atoms with Crippen molar-refractivity contribution in [3.8, 4) is 5.75 Å². The van der Waals surface area contributed by atoms with Crippen molar-refractivity contribution in [3.05, 3.63) is 29.8 Å². The minimum atomic E-state index is -4.65. The number of likely N-dealkylation sites (N-methyl/N-ethyl adjacent to an activating group) is 1. The molecular weight excluding hydrogens is 245 g/mol. The van der Waals surface area contributed by atoms with Gasteiger partial charge in [0.15, 0.2) is 0 Å². The van der Waals surface area contributed by atoms with Crippen LogP contribution in [0.5, 0.6) is 5.75 Å². The highest BCUT2D eigenvalue weighted by molar-refractivity contribution is 5.27. The normalized spacial score (nSPS) is 13.7. The van der Waals surface area contributed by atoms with E-state index in [1.54, 1.807) is 12.1 Å². The summed E-state index contributed by atoms with van der Waals surface area (Å²) >= 11 is 0. The van der Waals surface area contributed by atoms with Crippen molar-refractivity contribution in [2.75, 3.05) is 13.6 Å². The Morgan fingerprint density at radius 2 is 1.83 bits per heavy atom. The lowest BCUT2D eigenvalue weighted by molar-refractivity contribution is -0.274. The summed E-state index contributed by atoms with van der Waals surface area (Å²) in [5.74, 6) is -0.207. The average molecular weight is 262 g/mol. The fraction of sp³-hybridized carbons (Fsp3) is 0.500. The quantitative estimate of drug-likeness (QED) is 0.885. The zero-order chi connectivity index (χ0) is 13.8. The Bertz CT molecular complexity index is 363. The maximum Gasteiger partial charge on any atom is 0.573 e. The highest BCUT2D eigenvalue weighted by Crippen LogP contribution is 2.22. The molecule has 0 aromatic heterocycles. The highest BCUT2D eigenvalue weighted by atomic mass is 19.4. The first-order valence-electron chi connectivity index (χ1n) is 5.55. The fourth-order valence-corrected chi connectivity index (χ4v) is 1.66. The molecule has 0 amide bonds. The van der Waals surface area contributed by atoms with Crippen LogP contribution in [0.1, 0.15) is 12.5 Å². The van der Waals surface area contributed by atoms with Gasteiger partial charge in [0.25, 0.3) is 0 Å². The molecule has 0 spiro atoms. The summed E-state index contributed by atoms with van der Waals surface area (Å²) in [5, 5.41) is 0. The van der Waals surface area contributed by atoms with Crippen molar-refractivity contribution >= 4 is 0 Å². The SMILES string of the molecule is CC(N)CN(C)Cc1ccc(OC(F)(F)F)cc1. The molecule has 0 aliphatic carbocycles. The van der Waals surface area contributed by atoms with Crippen molar-refractivity contribution in [2.24, 2.45) is 5.73 Å². The van der Waals surface area contributed by atoms with Gasteiger partial charge in [-0.1, -0.05) is 12.1 Å². The lowest BCUT2D eigenvalue weighted by Crippen LogP contribution is -2.32. The van der Waals surface area contributed by atoms with Gasteiger partial charge in [-0.2, -0.15) is 0 Å². The summed E-state index contributed by atoms with van der Waals surface area (Å²) in [6, 6.07) is 5.89. The number of ether oxygens (including phenoxy) is 1. The molecule has 0 saturated carbocycles. The number of nitrogens with zero attached hydrogens (tertiary/aromatic N) is 1. The Hall–Kier alpha value is -1.27. The monoisotopic (exact) mass is 262 g/mol. The predicted molar refractivity (Wildman–Crippen MR) is 63.1 cm³/mol. The molecule has 1 unspecified atom stereocenters. The van der Waals surface area contributed by atoms with Gasteiger partial charge in [-0.25, -0.2) is 0 Å². The van der Waals surface area contributed by atoms with Crippen LogP contribution < -0.4 is 10.5 Å². The topological polar surface area (TPSA) is 38.5 Å². The Balaban J connectivity index is 2.55. The molecule has 0 bridgehead atoms. The van der Waals surface area contributed by atoms with Crippen molar-refractivity contribution in [2.45, 2.75) is 25.9 Å². The smallest absolute Gasteiger partial charge is 0.406 e. The minimum absolute atomic E-state index is 0.0582. The molecule has 0 aliphatic rings. The molecule has 6 heteroatoms. The molecule has 1 aromatic rings. The first-order valence-corrected chi connectivity index (χ1v) is 5.55. The van der Waals surface area contributed by atoms with Gasteiger partial charge < -0.3 is 15.4 Å². The predicted octanol–water partition coefficient (Wildman–Crippen LogP) is 2.36. The molecule has 102 valence electrons. The van der Waals surface area contributed by atoms with Crippen LogP contribution >= 0.6 is 0 Å². The average Bonchev–Trinajstić information content (AvgIpc) is 2.17. The first kappa shape index (κ1) is 14.8. The molecule has 0 aliphatic heterocycles. The van der Waals surface area contributed by atoms with Gasteiger partial charge in [0, 0.05) is 19.1 Å². The second kappa shape index (κ2) is 6.06. The minimum Gasteiger partial charge on any atom is -0.406 e. The van der Waals surface area contributed by atoms with Gasteiger partial charge >= 0.3 is 6.36 Å². The Labute approximate surface area is 104 Å². The van der Waals surface area contributed by atoms with E-state index in [0.717, 1.165) is 12.1 Å². The van der Waals surface area contributed by atoms with E-state index in [9.17, 15) is 13.2 Å². The second-order valence-corrected chi connectivity index (χ2v) is 4.37. The molecule has 18 heavy (non-hydrogen) atoms. The lowest BCUT2D eigenvalue weighted by atomic mass is 10.2. The van der Waals surface area contributed by atoms with E-state index in [1.165, 1.54) is 12.1 Å². The zero-order valence-electron chi connectivity index (χ0n) is 10.4. The van der Waals surface area contributed by atoms with Crippen LogP contribution in [0, 0.1) is 0 Å². The molecule has 0 heterocycles. The maximum atomic E-state index is 12.0. The van der Waals surface area contributed by atoms with Crippen LogP contribution in [-0.4, -0.2) is 30.9 Å². The molecule has 3 nitrogen and oxygen atoms in total. The summed E-state index contributed by atoms with van der Waals surface area (Å²) in [6.45, 7) is 3.26. The van der Waals surface area contributed by atoms with Crippen LogP contribution in [0.25, 0.3) is 0 Å². The molecule has 0 fully saturated rings. The largest absolute Gasteiger partial charge is 0.573 e. The number of hydrogen-bond donors (Lipinski definition) is 1. The molecule has 1 atom stereocenters. The van der Waals surface area contributed by atoms with Crippen LogP contribution in [0.3, 0.4) is 0 Å². The van der Waals surface area contributed by atoms with E-state index < -0.39 is 6.36 Å². The lowest BCUT2D eigenvalue weighted by Gasteiger charge is -2.19. The Morgan fingerprint density at radius 1 is 1.28 bits per heavy atom. The number of nitrogens with two attached hydrogens (primary N) is 1. The summed E-state index contributed by atoms with van der Waals surface area (Å²) in [7, 11) is 1.91. The molecule has 0 saturated heterocycles. The molecular formula is C12H17F3N2O. The fourth-order valence-electron chi connectivity index (χ4n) is 1.66. The number of alkyl halides is 3. The summed E-state index contributed by atoms with van der Waals surface area (Å²) in [6.07, 6.45) is -4.65. The number of benzene rings is 1. The molecule has 1 rings (SSSR count). The van der Waals surface area contributed by atoms with Gasteiger partial charge in [0.2, 0.25) is 0 Å². The van der Waals surface area contributed by atoms with Gasteiger partial charge in [-0.3, -0.25) is 0 Å². The first-order chi connectivity index (χ1) is 8.26.